The maximum Gasteiger partial charge on any atom is 0.188 e. The second-order valence-corrected chi connectivity index (χ2v) is 4.15. The molecule has 1 atom stereocenters. The number of nitrogens with zero attached hydrogens (tertiary/aromatic N) is 1. The Labute approximate surface area is 130 Å². The van der Waals surface area contributed by atoms with Crippen molar-refractivity contribution < 1.29 is 9.13 Å². The SMILES string of the molecule is COCC(C)NC(N)=NCCc1cccc(F)c1.I. The van der Waals surface area contributed by atoms with Crippen molar-refractivity contribution in [2.75, 3.05) is 20.3 Å². The number of methoxy groups -OCH3 is 1. The highest BCUT2D eigenvalue weighted by molar-refractivity contribution is 14.0. The number of benzene rings is 1. The molecule has 0 aromatic heterocycles. The number of rotatable bonds is 6. The molecule has 0 amide bonds. The second-order valence-electron chi connectivity index (χ2n) is 4.15. The van der Waals surface area contributed by atoms with E-state index in [1.54, 1.807) is 13.2 Å². The molecule has 0 aliphatic rings. The summed E-state index contributed by atoms with van der Waals surface area (Å²) in [6.45, 7) is 3.06. The fraction of sp³-hybridized carbons (Fsp3) is 0.462. The molecule has 0 heterocycles. The molecule has 0 radical (unpaired) electrons. The Morgan fingerprint density at radius 1 is 1.53 bits per heavy atom. The summed E-state index contributed by atoms with van der Waals surface area (Å²) >= 11 is 0. The molecule has 0 saturated heterocycles. The maximum absolute atomic E-state index is 12.9. The molecule has 0 spiro atoms. The molecule has 0 saturated carbocycles. The largest absolute Gasteiger partial charge is 0.383 e. The van der Waals surface area contributed by atoms with Gasteiger partial charge in [-0.3, -0.25) is 4.99 Å². The summed E-state index contributed by atoms with van der Waals surface area (Å²) < 4.78 is 17.9. The van der Waals surface area contributed by atoms with E-state index in [1.165, 1.54) is 12.1 Å². The van der Waals surface area contributed by atoms with Crippen LogP contribution in [-0.2, 0) is 11.2 Å². The normalized spacial score (nSPS) is 12.7. The van der Waals surface area contributed by atoms with Crippen molar-refractivity contribution in [2.45, 2.75) is 19.4 Å². The third-order valence-corrected chi connectivity index (χ3v) is 2.38. The molecule has 108 valence electrons. The molecule has 1 aromatic rings. The van der Waals surface area contributed by atoms with Crippen LogP contribution >= 0.6 is 24.0 Å². The molecule has 0 fully saturated rings. The van der Waals surface area contributed by atoms with Crippen LogP contribution in [0.5, 0.6) is 0 Å². The zero-order valence-corrected chi connectivity index (χ0v) is 13.6. The molecule has 0 bridgehead atoms. The third-order valence-electron chi connectivity index (χ3n) is 2.38. The Kier molecular flexibility index (Phi) is 9.50. The first-order chi connectivity index (χ1) is 8.61. The van der Waals surface area contributed by atoms with E-state index in [2.05, 4.69) is 10.3 Å². The molecule has 6 heteroatoms. The van der Waals surface area contributed by atoms with E-state index in [-0.39, 0.29) is 35.8 Å². The van der Waals surface area contributed by atoms with Crippen molar-refractivity contribution in [3.63, 3.8) is 0 Å². The zero-order chi connectivity index (χ0) is 13.4. The fourth-order valence-corrected chi connectivity index (χ4v) is 1.59. The third kappa shape index (κ3) is 7.99. The predicted octanol–water partition coefficient (Wildman–Crippen LogP) is 1.93. The first-order valence-electron chi connectivity index (χ1n) is 5.91. The van der Waals surface area contributed by atoms with Crippen LogP contribution < -0.4 is 11.1 Å². The van der Waals surface area contributed by atoms with Crippen molar-refractivity contribution in [1.82, 2.24) is 5.32 Å². The second kappa shape index (κ2) is 9.96. The summed E-state index contributed by atoms with van der Waals surface area (Å²) in [5.41, 5.74) is 6.62. The van der Waals surface area contributed by atoms with Gasteiger partial charge in [0.2, 0.25) is 0 Å². The van der Waals surface area contributed by atoms with Gasteiger partial charge in [-0.05, 0) is 31.0 Å². The van der Waals surface area contributed by atoms with E-state index in [0.29, 0.717) is 25.5 Å². The average Bonchev–Trinajstić information content (AvgIpc) is 2.29. The quantitative estimate of drug-likeness (QED) is 0.450. The minimum atomic E-state index is -0.226. The number of guanidine groups is 1. The van der Waals surface area contributed by atoms with Crippen molar-refractivity contribution in [1.29, 1.82) is 0 Å². The number of halogens is 2. The number of aliphatic imine (C=N–C) groups is 1. The van der Waals surface area contributed by atoms with E-state index >= 15 is 0 Å². The van der Waals surface area contributed by atoms with Crippen LogP contribution in [0.25, 0.3) is 0 Å². The fourth-order valence-electron chi connectivity index (χ4n) is 1.59. The Morgan fingerprint density at radius 3 is 2.89 bits per heavy atom. The van der Waals surface area contributed by atoms with E-state index in [4.69, 9.17) is 10.5 Å². The number of hydrogen-bond acceptors (Lipinski definition) is 2. The van der Waals surface area contributed by atoms with Gasteiger partial charge in [0.05, 0.1) is 6.61 Å². The summed E-state index contributed by atoms with van der Waals surface area (Å²) in [5, 5.41) is 3.01. The Bertz CT molecular complexity index is 401. The van der Waals surface area contributed by atoms with Crippen molar-refractivity contribution in [3.8, 4) is 0 Å². The van der Waals surface area contributed by atoms with E-state index in [1.807, 2.05) is 13.0 Å². The van der Waals surface area contributed by atoms with Crippen LogP contribution in [0, 0.1) is 5.82 Å². The molecule has 1 unspecified atom stereocenters. The lowest BCUT2D eigenvalue weighted by atomic mass is 10.1. The first kappa shape index (κ1) is 18.1. The van der Waals surface area contributed by atoms with Gasteiger partial charge in [0.1, 0.15) is 5.82 Å². The zero-order valence-electron chi connectivity index (χ0n) is 11.2. The molecule has 1 aromatic carbocycles. The van der Waals surface area contributed by atoms with Gasteiger partial charge in [0.15, 0.2) is 5.96 Å². The highest BCUT2D eigenvalue weighted by Gasteiger charge is 2.01. The molecule has 0 aliphatic carbocycles. The Balaban J connectivity index is 0.00000324. The number of nitrogens with two attached hydrogens (primary N) is 1. The van der Waals surface area contributed by atoms with Crippen LogP contribution in [0.4, 0.5) is 4.39 Å². The summed E-state index contributed by atoms with van der Waals surface area (Å²) in [6, 6.07) is 6.61. The van der Waals surface area contributed by atoms with Gasteiger partial charge in [-0.25, -0.2) is 4.39 Å². The van der Waals surface area contributed by atoms with Crippen molar-refractivity contribution in [3.05, 3.63) is 35.6 Å². The maximum atomic E-state index is 12.9. The van der Waals surface area contributed by atoms with Crippen LogP contribution in [0.15, 0.2) is 29.3 Å². The van der Waals surface area contributed by atoms with Gasteiger partial charge in [0, 0.05) is 19.7 Å². The smallest absolute Gasteiger partial charge is 0.188 e. The van der Waals surface area contributed by atoms with Gasteiger partial charge in [-0.1, -0.05) is 12.1 Å². The monoisotopic (exact) mass is 381 g/mol. The summed E-state index contributed by atoms with van der Waals surface area (Å²) in [4.78, 5) is 4.18. The lowest BCUT2D eigenvalue weighted by Gasteiger charge is -2.12. The molecule has 1 rings (SSSR count). The number of hydrogen-bond donors (Lipinski definition) is 2. The molecule has 0 aliphatic heterocycles. The number of nitrogens with one attached hydrogen (secondary N) is 1. The van der Waals surface area contributed by atoms with Gasteiger partial charge in [0.25, 0.3) is 0 Å². The van der Waals surface area contributed by atoms with Crippen LogP contribution in [0.1, 0.15) is 12.5 Å². The lowest BCUT2D eigenvalue weighted by molar-refractivity contribution is 0.179. The van der Waals surface area contributed by atoms with Crippen LogP contribution in [-0.4, -0.2) is 32.3 Å². The van der Waals surface area contributed by atoms with E-state index in [9.17, 15) is 4.39 Å². The van der Waals surface area contributed by atoms with Gasteiger partial charge >= 0.3 is 0 Å². The molecular formula is C13H21FIN3O. The standard InChI is InChI=1S/C13H20FN3O.HI/c1-10(9-18-2)17-13(15)16-7-6-11-4-3-5-12(14)8-11;/h3-5,8,10H,6-7,9H2,1-2H3,(H3,15,16,17);1H. The van der Waals surface area contributed by atoms with Crippen molar-refractivity contribution >= 4 is 29.9 Å². The van der Waals surface area contributed by atoms with Crippen molar-refractivity contribution in [2.24, 2.45) is 10.7 Å². The lowest BCUT2D eigenvalue weighted by Crippen LogP contribution is -2.40. The van der Waals surface area contributed by atoms with Gasteiger partial charge < -0.3 is 15.8 Å². The summed E-state index contributed by atoms with van der Waals surface area (Å²) in [5.74, 6) is 0.159. The van der Waals surface area contributed by atoms with Gasteiger partial charge in [-0.15, -0.1) is 24.0 Å². The molecule has 19 heavy (non-hydrogen) atoms. The molecular weight excluding hydrogens is 360 g/mol. The van der Waals surface area contributed by atoms with Gasteiger partial charge in [-0.2, -0.15) is 0 Å². The predicted molar refractivity (Wildman–Crippen MR) is 86.5 cm³/mol. The van der Waals surface area contributed by atoms with Crippen LogP contribution in [0.2, 0.25) is 0 Å². The Morgan fingerprint density at radius 2 is 2.26 bits per heavy atom. The molecule has 3 N–H and O–H groups in total. The highest BCUT2D eigenvalue weighted by atomic mass is 127. The van der Waals surface area contributed by atoms with E-state index in [0.717, 1.165) is 5.56 Å². The van der Waals surface area contributed by atoms with E-state index < -0.39 is 0 Å². The first-order valence-corrected chi connectivity index (χ1v) is 5.91. The summed E-state index contributed by atoms with van der Waals surface area (Å²) in [6.07, 6.45) is 0.665. The Hall–Kier alpha value is -0.890. The molecule has 4 nitrogen and oxygen atoms in total. The average molecular weight is 381 g/mol. The summed E-state index contributed by atoms with van der Waals surface area (Å²) in [7, 11) is 1.63. The van der Waals surface area contributed by atoms with Crippen LogP contribution in [0.3, 0.4) is 0 Å². The topological polar surface area (TPSA) is 59.6 Å². The highest BCUT2D eigenvalue weighted by Crippen LogP contribution is 2.04. The minimum Gasteiger partial charge on any atom is -0.383 e. The minimum absolute atomic E-state index is 0. The number of ether oxygens (including phenoxy) is 1.